The highest BCUT2D eigenvalue weighted by atomic mass is 35.5. The third kappa shape index (κ3) is 6.44. The molecule has 1 unspecified atom stereocenters. The molecule has 0 aromatic heterocycles. The molecule has 0 aromatic rings. The topological polar surface area (TPSA) is 75.4 Å². The van der Waals surface area contributed by atoms with Crippen molar-refractivity contribution in [2.45, 2.75) is 52.0 Å². The molecule has 0 bridgehead atoms. The summed E-state index contributed by atoms with van der Waals surface area (Å²) < 4.78 is 26.1. The predicted molar refractivity (Wildman–Crippen MR) is 83.1 cm³/mol. The number of amides is 2. The third-order valence-corrected chi connectivity index (χ3v) is 3.38. The maximum Gasteiger partial charge on any atom is 0.277 e. The van der Waals surface area contributed by atoms with E-state index < -0.39 is 31.0 Å². The van der Waals surface area contributed by atoms with Gasteiger partial charge in [-0.3, -0.25) is 9.59 Å². The fourth-order valence-corrected chi connectivity index (χ4v) is 2.30. The first kappa shape index (κ1) is 21.0. The zero-order valence-electron chi connectivity index (χ0n) is 13.3. The largest absolute Gasteiger partial charge is 0.348 e. The fraction of sp³-hybridized carbons (Fsp3) is 0.857. The Hall–Kier alpha value is -0.950. The van der Waals surface area contributed by atoms with Crippen LogP contribution in [-0.2, 0) is 9.59 Å². The molecule has 0 aliphatic carbocycles. The molecule has 0 saturated carbocycles. The number of halogens is 3. The summed E-state index contributed by atoms with van der Waals surface area (Å²) in [6.07, 6.45) is 1.55. The van der Waals surface area contributed by atoms with Crippen LogP contribution < -0.4 is 11.1 Å². The second kappa shape index (κ2) is 8.06. The fourth-order valence-electron chi connectivity index (χ4n) is 2.30. The van der Waals surface area contributed by atoms with E-state index in [0.29, 0.717) is 25.8 Å². The lowest BCUT2D eigenvalue weighted by Crippen LogP contribution is -2.50. The van der Waals surface area contributed by atoms with E-state index in [0.717, 1.165) is 0 Å². The lowest BCUT2D eigenvalue weighted by molar-refractivity contribution is -0.140. The molecule has 0 aromatic carbocycles. The van der Waals surface area contributed by atoms with Crippen LogP contribution in [0, 0.1) is 5.41 Å². The molecule has 1 rings (SSSR count). The number of rotatable bonds is 5. The molecule has 1 fully saturated rings. The summed E-state index contributed by atoms with van der Waals surface area (Å²) in [5, 5.41) is 2.20. The number of carbonyl (C=O) groups excluding carboxylic acids is 2. The van der Waals surface area contributed by atoms with Gasteiger partial charge in [0.25, 0.3) is 5.92 Å². The minimum Gasteiger partial charge on any atom is -0.348 e. The van der Waals surface area contributed by atoms with Crippen LogP contribution in [0.15, 0.2) is 0 Å². The molecule has 0 spiro atoms. The van der Waals surface area contributed by atoms with Gasteiger partial charge in [0.05, 0.1) is 13.1 Å². The first-order chi connectivity index (χ1) is 9.56. The van der Waals surface area contributed by atoms with Crippen LogP contribution >= 0.6 is 12.4 Å². The van der Waals surface area contributed by atoms with Crippen LogP contribution in [0.2, 0.25) is 0 Å². The summed E-state index contributed by atoms with van der Waals surface area (Å²) >= 11 is 0. The van der Waals surface area contributed by atoms with Gasteiger partial charge < -0.3 is 16.0 Å². The second-order valence-electron chi connectivity index (χ2n) is 6.76. The van der Waals surface area contributed by atoms with Crippen LogP contribution in [0.1, 0.15) is 40.0 Å². The lowest BCUT2D eigenvalue weighted by atomic mass is 9.91. The monoisotopic (exact) mass is 341 g/mol. The summed E-state index contributed by atoms with van der Waals surface area (Å²) in [5.41, 5.74) is 4.75. The van der Waals surface area contributed by atoms with Crippen molar-refractivity contribution in [1.82, 2.24) is 10.2 Å². The second-order valence-corrected chi connectivity index (χ2v) is 6.76. The first-order valence-electron chi connectivity index (χ1n) is 7.21. The Morgan fingerprint density at radius 2 is 1.91 bits per heavy atom. The van der Waals surface area contributed by atoms with Gasteiger partial charge in [0.2, 0.25) is 11.8 Å². The summed E-state index contributed by atoms with van der Waals surface area (Å²) in [6.45, 7) is 4.72. The van der Waals surface area contributed by atoms with Crippen LogP contribution in [-0.4, -0.2) is 48.3 Å². The molecule has 1 atom stereocenters. The number of nitrogens with zero attached hydrogens (tertiary/aromatic N) is 1. The molecular weight excluding hydrogens is 316 g/mol. The number of nitrogens with one attached hydrogen (secondary N) is 1. The van der Waals surface area contributed by atoms with E-state index in [4.69, 9.17) is 5.73 Å². The lowest BCUT2D eigenvalue weighted by Gasteiger charge is -2.28. The molecule has 5 nitrogen and oxygen atoms in total. The van der Waals surface area contributed by atoms with E-state index in [1.807, 2.05) is 20.8 Å². The number of carbonyl (C=O) groups is 2. The quantitative estimate of drug-likeness (QED) is 0.796. The van der Waals surface area contributed by atoms with Gasteiger partial charge in [-0.05, 0) is 18.3 Å². The van der Waals surface area contributed by atoms with Gasteiger partial charge in [-0.1, -0.05) is 20.8 Å². The van der Waals surface area contributed by atoms with Crippen LogP contribution in [0.3, 0.4) is 0 Å². The highest BCUT2D eigenvalue weighted by Crippen LogP contribution is 2.25. The van der Waals surface area contributed by atoms with Crippen molar-refractivity contribution in [2.24, 2.45) is 11.1 Å². The van der Waals surface area contributed by atoms with Crippen molar-refractivity contribution in [3.8, 4) is 0 Å². The van der Waals surface area contributed by atoms with E-state index in [1.54, 1.807) is 0 Å². The Morgan fingerprint density at radius 3 is 2.41 bits per heavy atom. The zero-order chi connectivity index (χ0) is 16.3. The maximum atomic E-state index is 13.1. The van der Waals surface area contributed by atoms with Gasteiger partial charge in [-0.2, -0.15) is 0 Å². The van der Waals surface area contributed by atoms with Crippen molar-refractivity contribution < 1.29 is 18.4 Å². The highest BCUT2D eigenvalue weighted by molar-refractivity contribution is 5.88. The standard InChI is InChI=1S/C14H25F2N3O2.ClH/c1-13(2,3)7-11(20)19-6-4-5-10(19)12(21)18-9-14(15,16)8-17;/h10H,4-9,17H2,1-3H3,(H,18,21);1H. The molecule has 130 valence electrons. The molecule has 1 heterocycles. The SMILES string of the molecule is CC(C)(C)CC(=O)N1CCCC1C(=O)NCC(F)(F)CN.Cl. The van der Waals surface area contributed by atoms with Crippen molar-refractivity contribution in [1.29, 1.82) is 0 Å². The van der Waals surface area contributed by atoms with Crippen molar-refractivity contribution >= 4 is 24.2 Å². The third-order valence-electron chi connectivity index (χ3n) is 3.38. The molecule has 0 radical (unpaired) electrons. The zero-order valence-corrected chi connectivity index (χ0v) is 14.1. The number of likely N-dealkylation sites (tertiary alicyclic amines) is 1. The number of alkyl halides is 2. The van der Waals surface area contributed by atoms with Crippen molar-refractivity contribution in [3.63, 3.8) is 0 Å². The number of hydrogen-bond donors (Lipinski definition) is 2. The highest BCUT2D eigenvalue weighted by Gasteiger charge is 2.36. The van der Waals surface area contributed by atoms with E-state index in [9.17, 15) is 18.4 Å². The number of nitrogens with two attached hydrogens (primary N) is 1. The van der Waals surface area contributed by atoms with Gasteiger partial charge in [-0.15, -0.1) is 12.4 Å². The molecule has 1 saturated heterocycles. The smallest absolute Gasteiger partial charge is 0.277 e. The van der Waals surface area contributed by atoms with Crippen LogP contribution in [0.4, 0.5) is 8.78 Å². The summed E-state index contributed by atoms with van der Waals surface area (Å²) in [4.78, 5) is 25.7. The molecule has 22 heavy (non-hydrogen) atoms. The normalized spacial score (nSPS) is 18.8. The average molecular weight is 342 g/mol. The van der Waals surface area contributed by atoms with Gasteiger partial charge in [0.1, 0.15) is 6.04 Å². The minimum atomic E-state index is -3.12. The predicted octanol–water partition coefficient (Wildman–Crippen LogP) is 1.55. The van der Waals surface area contributed by atoms with Gasteiger partial charge in [0.15, 0.2) is 0 Å². The van der Waals surface area contributed by atoms with E-state index in [1.165, 1.54) is 4.90 Å². The Labute approximate surface area is 136 Å². The van der Waals surface area contributed by atoms with E-state index >= 15 is 0 Å². The van der Waals surface area contributed by atoms with Crippen molar-refractivity contribution in [3.05, 3.63) is 0 Å². The van der Waals surface area contributed by atoms with Gasteiger partial charge >= 0.3 is 0 Å². The number of hydrogen-bond acceptors (Lipinski definition) is 3. The molecule has 2 amide bonds. The first-order valence-corrected chi connectivity index (χ1v) is 7.21. The summed E-state index contributed by atoms with van der Waals surface area (Å²) in [6, 6.07) is -0.645. The Bertz CT molecular complexity index is 400. The Balaban J connectivity index is 0.00000441. The molecule has 1 aliphatic heterocycles. The Morgan fingerprint density at radius 1 is 1.32 bits per heavy atom. The summed E-state index contributed by atoms with van der Waals surface area (Å²) in [7, 11) is 0. The molecule has 1 aliphatic rings. The van der Waals surface area contributed by atoms with Crippen LogP contribution in [0.5, 0.6) is 0 Å². The van der Waals surface area contributed by atoms with E-state index in [-0.39, 0.29) is 23.7 Å². The summed E-state index contributed by atoms with van der Waals surface area (Å²) in [5.74, 6) is -3.75. The Kier molecular flexibility index (Phi) is 7.71. The van der Waals surface area contributed by atoms with E-state index in [2.05, 4.69) is 5.32 Å². The van der Waals surface area contributed by atoms with Gasteiger partial charge in [-0.25, -0.2) is 8.78 Å². The van der Waals surface area contributed by atoms with Gasteiger partial charge in [0, 0.05) is 13.0 Å². The van der Waals surface area contributed by atoms with Crippen LogP contribution in [0.25, 0.3) is 0 Å². The maximum absolute atomic E-state index is 13.1. The van der Waals surface area contributed by atoms with Crippen molar-refractivity contribution in [2.75, 3.05) is 19.6 Å². The average Bonchev–Trinajstić information content (AvgIpc) is 2.83. The molecule has 8 heteroatoms. The minimum absolute atomic E-state index is 0. The molecular formula is C14H26ClF2N3O2. The molecule has 3 N–H and O–H groups in total.